The van der Waals surface area contributed by atoms with Crippen molar-refractivity contribution < 1.29 is 13.6 Å². The standard InChI is InChI=1S/C16H21ClF2N2OS.ClH/c17-12-2-1-3-13(16(12)23-10-14(18)19)21-15(22)5-4-11-6-8-20-9-7-11;/h1-3,11,14,20H,4-10H2,(H,21,22);1H. The second-order valence-electron chi connectivity index (χ2n) is 5.60. The summed E-state index contributed by atoms with van der Waals surface area (Å²) in [5, 5.41) is 6.49. The molecule has 24 heavy (non-hydrogen) atoms. The van der Waals surface area contributed by atoms with E-state index < -0.39 is 6.43 Å². The quantitative estimate of drug-likeness (QED) is 0.645. The van der Waals surface area contributed by atoms with Gasteiger partial charge in [0, 0.05) is 11.3 Å². The average molecular weight is 399 g/mol. The van der Waals surface area contributed by atoms with Crippen LogP contribution in [-0.2, 0) is 4.79 Å². The number of rotatable bonds is 7. The summed E-state index contributed by atoms with van der Waals surface area (Å²) in [6, 6.07) is 5.04. The molecule has 0 bridgehead atoms. The highest BCUT2D eigenvalue weighted by atomic mass is 35.5. The van der Waals surface area contributed by atoms with Gasteiger partial charge < -0.3 is 10.6 Å². The second kappa shape index (κ2) is 11.1. The summed E-state index contributed by atoms with van der Waals surface area (Å²) in [6.45, 7) is 2.02. The molecule has 3 nitrogen and oxygen atoms in total. The van der Waals surface area contributed by atoms with Crippen molar-refractivity contribution >= 4 is 47.4 Å². The van der Waals surface area contributed by atoms with Crippen molar-refractivity contribution in [3.8, 4) is 0 Å². The molecule has 1 amide bonds. The van der Waals surface area contributed by atoms with Crippen molar-refractivity contribution in [2.75, 3.05) is 24.2 Å². The van der Waals surface area contributed by atoms with Gasteiger partial charge in [0.2, 0.25) is 12.3 Å². The predicted molar refractivity (Wildman–Crippen MR) is 98.9 cm³/mol. The van der Waals surface area contributed by atoms with Crippen molar-refractivity contribution in [3.63, 3.8) is 0 Å². The number of carbonyl (C=O) groups excluding carboxylic acids is 1. The van der Waals surface area contributed by atoms with Crippen molar-refractivity contribution in [1.82, 2.24) is 5.32 Å². The van der Waals surface area contributed by atoms with E-state index in [1.165, 1.54) is 0 Å². The van der Waals surface area contributed by atoms with Gasteiger partial charge in [-0.1, -0.05) is 17.7 Å². The van der Waals surface area contributed by atoms with Crippen LogP contribution in [0.2, 0.25) is 5.02 Å². The average Bonchev–Trinajstić information content (AvgIpc) is 2.53. The number of carbonyl (C=O) groups is 1. The Balaban J connectivity index is 0.00000288. The first kappa shape index (κ1) is 21.5. The van der Waals surface area contributed by atoms with Crippen molar-refractivity contribution in [1.29, 1.82) is 0 Å². The molecule has 1 aliphatic rings. The molecule has 0 aromatic heterocycles. The first-order valence-corrected chi connectivity index (χ1v) is 9.12. The molecule has 0 aliphatic carbocycles. The van der Waals surface area contributed by atoms with E-state index in [2.05, 4.69) is 10.6 Å². The lowest BCUT2D eigenvalue weighted by Crippen LogP contribution is -2.28. The molecule has 2 rings (SSSR count). The van der Waals surface area contributed by atoms with Gasteiger partial charge in [-0.25, -0.2) is 8.78 Å². The Kier molecular flexibility index (Phi) is 9.96. The maximum absolute atomic E-state index is 12.4. The molecule has 0 saturated carbocycles. The first-order valence-electron chi connectivity index (χ1n) is 7.76. The van der Waals surface area contributed by atoms with Gasteiger partial charge in [-0.3, -0.25) is 4.79 Å². The van der Waals surface area contributed by atoms with E-state index in [4.69, 9.17) is 11.6 Å². The van der Waals surface area contributed by atoms with Crippen LogP contribution >= 0.6 is 35.8 Å². The second-order valence-corrected chi connectivity index (χ2v) is 7.04. The summed E-state index contributed by atoms with van der Waals surface area (Å²) in [7, 11) is 0. The SMILES string of the molecule is Cl.O=C(CCC1CCNCC1)Nc1cccc(Cl)c1SCC(F)F. The van der Waals surface area contributed by atoms with Crippen LogP contribution in [0.25, 0.3) is 0 Å². The van der Waals surface area contributed by atoms with Crippen LogP contribution in [0.5, 0.6) is 0 Å². The van der Waals surface area contributed by atoms with Gasteiger partial charge in [0.05, 0.1) is 16.5 Å². The normalized spacial score (nSPS) is 15.2. The molecule has 1 saturated heterocycles. The maximum Gasteiger partial charge on any atom is 0.247 e. The van der Waals surface area contributed by atoms with Gasteiger partial charge in [0.1, 0.15) is 0 Å². The van der Waals surface area contributed by atoms with E-state index in [0.717, 1.165) is 44.1 Å². The number of halogens is 4. The lowest BCUT2D eigenvalue weighted by Gasteiger charge is -2.22. The number of nitrogens with one attached hydrogen (secondary N) is 2. The smallest absolute Gasteiger partial charge is 0.247 e. The topological polar surface area (TPSA) is 41.1 Å². The Labute approximate surface area is 156 Å². The van der Waals surface area contributed by atoms with E-state index in [9.17, 15) is 13.6 Å². The number of benzene rings is 1. The monoisotopic (exact) mass is 398 g/mol. The molecule has 1 heterocycles. The zero-order valence-electron chi connectivity index (χ0n) is 13.2. The van der Waals surface area contributed by atoms with E-state index in [1.807, 2.05) is 0 Å². The lowest BCUT2D eigenvalue weighted by atomic mass is 9.93. The third kappa shape index (κ3) is 7.13. The largest absolute Gasteiger partial charge is 0.325 e. The summed E-state index contributed by atoms with van der Waals surface area (Å²) >= 11 is 7.04. The molecule has 2 N–H and O–H groups in total. The zero-order chi connectivity index (χ0) is 16.7. The molecule has 8 heteroatoms. The van der Waals surface area contributed by atoms with Crippen LogP contribution in [-0.4, -0.2) is 31.2 Å². The van der Waals surface area contributed by atoms with Crippen molar-refractivity contribution in [2.24, 2.45) is 5.92 Å². The molecule has 0 unspecified atom stereocenters. The number of piperidine rings is 1. The van der Waals surface area contributed by atoms with Crippen LogP contribution in [0.3, 0.4) is 0 Å². The lowest BCUT2D eigenvalue weighted by molar-refractivity contribution is -0.116. The fourth-order valence-corrected chi connectivity index (χ4v) is 3.73. The predicted octanol–water partition coefficient (Wildman–Crippen LogP) is 4.84. The van der Waals surface area contributed by atoms with E-state index in [-0.39, 0.29) is 24.1 Å². The summed E-state index contributed by atoms with van der Waals surface area (Å²) < 4.78 is 24.8. The highest BCUT2D eigenvalue weighted by Crippen LogP contribution is 2.35. The minimum atomic E-state index is -2.42. The van der Waals surface area contributed by atoms with Gasteiger partial charge in [0.15, 0.2) is 0 Å². The minimum Gasteiger partial charge on any atom is -0.325 e. The molecule has 0 spiro atoms. The number of alkyl halides is 2. The Morgan fingerprint density at radius 3 is 2.75 bits per heavy atom. The number of amides is 1. The summed E-state index contributed by atoms with van der Waals surface area (Å²) in [5.41, 5.74) is 0.512. The summed E-state index contributed by atoms with van der Waals surface area (Å²) in [5.74, 6) is 0.139. The molecule has 1 aliphatic heterocycles. The fourth-order valence-electron chi connectivity index (χ4n) is 2.62. The van der Waals surface area contributed by atoms with Crippen LogP contribution in [0, 0.1) is 5.92 Å². The Hall–Kier alpha value is -0.560. The van der Waals surface area contributed by atoms with E-state index in [1.54, 1.807) is 18.2 Å². The van der Waals surface area contributed by atoms with Gasteiger partial charge in [-0.15, -0.1) is 24.2 Å². The van der Waals surface area contributed by atoms with Crippen molar-refractivity contribution in [2.45, 2.75) is 37.0 Å². The third-order valence-electron chi connectivity index (χ3n) is 3.83. The van der Waals surface area contributed by atoms with Crippen LogP contribution in [0.1, 0.15) is 25.7 Å². The van der Waals surface area contributed by atoms with Crippen LogP contribution in [0.4, 0.5) is 14.5 Å². The van der Waals surface area contributed by atoms with Gasteiger partial charge in [0.25, 0.3) is 0 Å². The Morgan fingerprint density at radius 2 is 2.08 bits per heavy atom. The molecule has 1 aromatic rings. The third-order valence-corrected chi connectivity index (χ3v) is 5.41. The van der Waals surface area contributed by atoms with Crippen LogP contribution < -0.4 is 10.6 Å². The molecule has 1 fully saturated rings. The number of hydrogen-bond acceptors (Lipinski definition) is 3. The number of anilines is 1. The highest BCUT2D eigenvalue weighted by molar-refractivity contribution is 7.99. The first-order chi connectivity index (χ1) is 11.1. The zero-order valence-corrected chi connectivity index (χ0v) is 15.6. The van der Waals surface area contributed by atoms with Gasteiger partial charge in [-0.2, -0.15) is 0 Å². The van der Waals surface area contributed by atoms with Crippen molar-refractivity contribution in [3.05, 3.63) is 23.2 Å². The van der Waals surface area contributed by atoms with E-state index >= 15 is 0 Å². The number of thioether (sulfide) groups is 1. The Bertz CT molecular complexity index is 529. The molecule has 0 radical (unpaired) electrons. The molecule has 136 valence electrons. The molecular weight excluding hydrogens is 377 g/mol. The summed E-state index contributed by atoms with van der Waals surface area (Å²) in [4.78, 5) is 12.6. The maximum atomic E-state index is 12.4. The highest BCUT2D eigenvalue weighted by Gasteiger charge is 2.16. The fraction of sp³-hybridized carbons (Fsp3) is 0.562. The molecule has 0 atom stereocenters. The molecular formula is C16H22Cl2F2N2OS. The van der Waals surface area contributed by atoms with Gasteiger partial charge in [-0.05, 0) is 50.4 Å². The Morgan fingerprint density at radius 1 is 1.38 bits per heavy atom. The van der Waals surface area contributed by atoms with E-state index in [0.29, 0.717) is 27.9 Å². The molecule has 1 aromatic carbocycles. The minimum absolute atomic E-state index is 0. The van der Waals surface area contributed by atoms with Gasteiger partial charge >= 0.3 is 0 Å². The summed E-state index contributed by atoms with van der Waals surface area (Å²) in [6.07, 6.45) is 1.07. The van der Waals surface area contributed by atoms with Crippen LogP contribution in [0.15, 0.2) is 23.1 Å². The number of hydrogen-bond donors (Lipinski definition) is 2.